The Morgan fingerprint density at radius 1 is 0.925 bits per heavy atom. The van der Waals surface area contributed by atoms with Crippen LogP contribution in [0, 0.1) is 24.7 Å². The highest BCUT2D eigenvalue weighted by molar-refractivity contribution is 7.89. The third-order valence-corrected chi connectivity index (χ3v) is 11.7. The van der Waals surface area contributed by atoms with Crippen LogP contribution >= 0.6 is 0 Å². The lowest BCUT2D eigenvalue weighted by atomic mass is 9.77. The van der Waals surface area contributed by atoms with Gasteiger partial charge in [0.15, 0.2) is 0 Å². The molecule has 3 aromatic carbocycles. The maximum atomic E-state index is 13.9. The van der Waals surface area contributed by atoms with Gasteiger partial charge in [-0.1, -0.05) is 30.3 Å². The molecule has 1 atom stereocenters. The highest BCUT2D eigenvalue weighted by Gasteiger charge is 2.32. The summed E-state index contributed by atoms with van der Waals surface area (Å²) in [5, 5.41) is 8.67. The molecule has 1 heterocycles. The van der Waals surface area contributed by atoms with Crippen LogP contribution in [0.4, 0.5) is 16.2 Å². The average molecular weight is 743 g/mol. The minimum Gasteiger partial charge on any atom is -0.444 e. The number of sulfonamides is 1. The van der Waals surface area contributed by atoms with Crippen molar-refractivity contribution < 1.29 is 32.3 Å². The third kappa shape index (κ3) is 10.3. The molecular formula is C41H50N4O7S. The Kier molecular flexibility index (Phi) is 11.4. The second-order valence-electron chi connectivity index (χ2n) is 15.8. The number of rotatable bonds is 13. The van der Waals surface area contributed by atoms with Crippen molar-refractivity contribution in [2.24, 2.45) is 17.8 Å². The summed E-state index contributed by atoms with van der Waals surface area (Å²) in [6.07, 6.45) is 4.98. The third-order valence-electron chi connectivity index (χ3n) is 10.2. The fraction of sp³-hybridized carbons (Fsp3) is 0.463. The minimum atomic E-state index is -3.56. The predicted molar refractivity (Wildman–Crippen MR) is 204 cm³/mol. The molecule has 53 heavy (non-hydrogen) atoms. The first-order chi connectivity index (χ1) is 25.1. The quantitative estimate of drug-likeness (QED) is 0.152. The molecule has 2 aliphatic carbocycles. The summed E-state index contributed by atoms with van der Waals surface area (Å²) in [5.41, 5.74) is 5.11. The standard InChI is InChI=1S/C41H50N4O7S/c1-25-19-34(53(50,51)45-32-13-14-32)16-17-35(25)28-9-5-26(6-10-28)20-31(39(48)43-33-15-18-36-30(21-33)23-38(47)44-36)22-37(46)29-11-7-27(8-12-29)24-42-40(49)52-41(2,3)4/h5-6,9-10,15-19,21,27,29,31-32,45H,7-8,11-14,20,22-24H2,1-4H3,(H,42,49)(H,43,48)(H,44,47)/t27?,29?,31-/m1/s1. The SMILES string of the molecule is Cc1cc(S(=O)(=O)NC2CC2)ccc1-c1ccc(C[C@H](CC(=O)C2CCC(CNC(=O)OC(C)(C)C)CC2)C(=O)Nc2ccc3c(c2)CC(=O)N3)cc1. The number of ketones is 1. The summed E-state index contributed by atoms with van der Waals surface area (Å²) < 4.78 is 33.6. The van der Waals surface area contributed by atoms with Crippen LogP contribution < -0.4 is 20.7 Å². The molecule has 1 aliphatic heterocycles. The number of amides is 3. The van der Waals surface area contributed by atoms with Crippen LogP contribution in [0.2, 0.25) is 0 Å². The van der Waals surface area contributed by atoms with Crippen LogP contribution in [-0.4, -0.2) is 50.3 Å². The molecule has 2 fully saturated rings. The molecule has 3 aliphatic rings. The molecule has 0 saturated heterocycles. The number of ether oxygens (including phenoxy) is 1. The van der Waals surface area contributed by atoms with E-state index in [1.165, 1.54) is 0 Å². The number of nitrogens with one attached hydrogen (secondary N) is 4. The highest BCUT2D eigenvalue weighted by Crippen LogP contribution is 2.33. The zero-order valence-corrected chi connectivity index (χ0v) is 31.7. The maximum absolute atomic E-state index is 13.9. The largest absolute Gasteiger partial charge is 0.444 e. The number of hydrogen-bond donors (Lipinski definition) is 4. The molecular weight excluding hydrogens is 693 g/mol. The van der Waals surface area contributed by atoms with Crippen LogP contribution in [-0.2, 0) is 42.0 Å². The van der Waals surface area contributed by atoms with Crippen molar-refractivity contribution in [3.63, 3.8) is 0 Å². The van der Waals surface area contributed by atoms with Crippen molar-refractivity contribution >= 4 is 45.1 Å². The van der Waals surface area contributed by atoms with Gasteiger partial charge in [-0.25, -0.2) is 17.9 Å². The van der Waals surface area contributed by atoms with Crippen LogP contribution in [0.1, 0.15) is 82.4 Å². The Balaban J connectivity index is 1.12. The van der Waals surface area contributed by atoms with E-state index in [4.69, 9.17) is 4.74 Å². The second-order valence-corrected chi connectivity index (χ2v) is 17.5. The van der Waals surface area contributed by atoms with Gasteiger partial charge in [-0.15, -0.1) is 0 Å². The number of carbonyl (C=O) groups is 4. The first-order valence-electron chi connectivity index (χ1n) is 18.6. The van der Waals surface area contributed by atoms with Crippen LogP contribution in [0.3, 0.4) is 0 Å². The van der Waals surface area contributed by atoms with E-state index in [9.17, 15) is 27.6 Å². The number of benzene rings is 3. The number of aryl methyl sites for hydroxylation is 1. The molecule has 3 aromatic rings. The van der Waals surface area contributed by atoms with Crippen LogP contribution in [0.15, 0.2) is 65.6 Å². The van der Waals surface area contributed by atoms with Gasteiger partial charge in [-0.05, 0) is 137 Å². The van der Waals surface area contributed by atoms with Gasteiger partial charge < -0.3 is 20.7 Å². The lowest BCUT2D eigenvalue weighted by Crippen LogP contribution is -2.37. The van der Waals surface area contributed by atoms with E-state index in [1.54, 1.807) is 30.3 Å². The molecule has 0 aromatic heterocycles. The van der Waals surface area contributed by atoms with Gasteiger partial charge in [-0.3, -0.25) is 14.4 Å². The minimum absolute atomic E-state index is 0.0277. The maximum Gasteiger partial charge on any atom is 0.407 e. The topological polar surface area (TPSA) is 160 Å². The molecule has 2 saturated carbocycles. The summed E-state index contributed by atoms with van der Waals surface area (Å²) in [4.78, 5) is 51.9. The summed E-state index contributed by atoms with van der Waals surface area (Å²) in [6, 6.07) is 18.3. The molecule has 0 spiro atoms. The Morgan fingerprint density at radius 3 is 2.30 bits per heavy atom. The molecule has 0 bridgehead atoms. The van der Waals surface area contributed by atoms with E-state index >= 15 is 0 Å². The lowest BCUT2D eigenvalue weighted by molar-refractivity contribution is -0.129. The molecule has 6 rings (SSSR count). The first-order valence-corrected chi connectivity index (χ1v) is 20.1. The lowest BCUT2D eigenvalue weighted by Gasteiger charge is -2.29. The van der Waals surface area contributed by atoms with Gasteiger partial charge in [0.2, 0.25) is 21.8 Å². The van der Waals surface area contributed by atoms with Crippen molar-refractivity contribution in [1.82, 2.24) is 10.0 Å². The summed E-state index contributed by atoms with van der Waals surface area (Å²) in [6.45, 7) is 7.86. The number of fused-ring (bicyclic) bond motifs is 1. The van der Waals surface area contributed by atoms with Crippen molar-refractivity contribution in [3.8, 4) is 11.1 Å². The normalized spacial score (nSPS) is 19.1. The number of carbonyl (C=O) groups excluding carboxylic acids is 4. The Hall–Kier alpha value is -4.55. The molecule has 11 nitrogen and oxygen atoms in total. The molecule has 282 valence electrons. The van der Waals surface area contributed by atoms with E-state index in [0.717, 1.165) is 59.2 Å². The number of anilines is 2. The molecule has 4 N–H and O–H groups in total. The summed E-state index contributed by atoms with van der Waals surface area (Å²) in [7, 11) is -3.56. The van der Waals surface area contributed by atoms with E-state index in [0.29, 0.717) is 31.5 Å². The Bertz CT molecular complexity index is 1980. The molecule has 12 heteroatoms. The zero-order valence-electron chi connectivity index (χ0n) is 30.9. The molecule has 0 radical (unpaired) electrons. The van der Waals surface area contributed by atoms with E-state index in [2.05, 4.69) is 20.7 Å². The van der Waals surface area contributed by atoms with Crippen molar-refractivity contribution in [3.05, 3.63) is 77.4 Å². The Labute approximate surface area is 312 Å². The fourth-order valence-electron chi connectivity index (χ4n) is 7.17. The van der Waals surface area contributed by atoms with E-state index in [1.807, 2.05) is 58.0 Å². The number of hydrogen-bond acceptors (Lipinski definition) is 7. The van der Waals surface area contributed by atoms with Gasteiger partial charge in [0, 0.05) is 42.2 Å². The predicted octanol–water partition coefficient (Wildman–Crippen LogP) is 6.69. The van der Waals surface area contributed by atoms with Gasteiger partial charge >= 0.3 is 6.09 Å². The number of alkyl carbamates (subject to hydrolysis) is 1. The van der Waals surface area contributed by atoms with Crippen LogP contribution in [0.5, 0.6) is 0 Å². The monoisotopic (exact) mass is 742 g/mol. The second kappa shape index (κ2) is 15.8. The van der Waals surface area contributed by atoms with Gasteiger partial charge in [0.25, 0.3) is 0 Å². The first kappa shape index (κ1) is 38.2. The summed E-state index contributed by atoms with van der Waals surface area (Å²) in [5.74, 6) is -0.815. The highest BCUT2D eigenvalue weighted by atomic mass is 32.2. The molecule has 0 unspecified atom stereocenters. The molecule has 3 amide bonds. The van der Waals surface area contributed by atoms with E-state index < -0.39 is 27.6 Å². The van der Waals surface area contributed by atoms with Crippen LogP contribution in [0.25, 0.3) is 11.1 Å². The van der Waals surface area contributed by atoms with Crippen molar-refractivity contribution in [1.29, 1.82) is 0 Å². The van der Waals surface area contributed by atoms with Crippen molar-refractivity contribution in [2.75, 3.05) is 17.2 Å². The number of Topliss-reactive ketones (excluding diaryl/α,β-unsaturated/α-hetero) is 1. The van der Waals surface area contributed by atoms with Gasteiger partial charge in [0.1, 0.15) is 11.4 Å². The van der Waals surface area contributed by atoms with Crippen molar-refractivity contribution in [2.45, 2.75) is 102 Å². The smallest absolute Gasteiger partial charge is 0.407 e. The zero-order chi connectivity index (χ0) is 37.9. The Morgan fingerprint density at radius 2 is 1.64 bits per heavy atom. The van der Waals surface area contributed by atoms with Gasteiger partial charge in [-0.2, -0.15) is 0 Å². The fourth-order valence-corrected chi connectivity index (χ4v) is 8.56. The average Bonchev–Trinajstić information content (AvgIpc) is 3.83. The van der Waals surface area contributed by atoms with E-state index in [-0.39, 0.29) is 53.2 Å². The summed E-state index contributed by atoms with van der Waals surface area (Å²) >= 11 is 0. The van der Waals surface area contributed by atoms with Gasteiger partial charge in [0.05, 0.1) is 11.3 Å².